The van der Waals surface area contributed by atoms with Gasteiger partial charge in [0.2, 0.25) is 0 Å². The number of ether oxygens (including phenoxy) is 2. The largest absolute Gasteiger partial charge is 0.484 e. The Hall–Kier alpha value is -3.49. The highest BCUT2D eigenvalue weighted by atomic mass is 127. The van der Waals surface area contributed by atoms with E-state index in [-0.39, 0.29) is 23.5 Å². The zero-order valence-electron chi connectivity index (χ0n) is 21.5. The van der Waals surface area contributed by atoms with Crippen LogP contribution in [0.1, 0.15) is 18.4 Å². The van der Waals surface area contributed by atoms with E-state index in [9.17, 15) is 18.0 Å². The third kappa shape index (κ3) is 8.50. The number of nitrogens with one attached hydrogen (secondary N) is 2. The minimum atomic E-state index is -3.99. The summed E-state index contributed by atoms with van der Waals surface area (Å²) in [6.07, 6.45) is 3.46. The molecule has 1 aliphatic rings. The van der Waals surface area contributed by atoms with E-state index in [1.54, 1.807) is 66.7 Å². The molecule has 10 nitrogen and oxygen atoms in total. The van der Waals surface area contributed by atoms with Crippen LogP contribution in [0.3, 0.4) is 0 Å². The second kappa shape index (κ2) is 14.2. The molecule has 12 heteroatoms. The molecule has 0 radical (unpaired) electrons. The summed E-state index contributed by atoms with van der Waals surface area (Å²) in [5, 5.41) is 6.76. The Morgan fingerprint density at radius 1 is 1.02 bits per heavy atom. The highest BCUT2D eigenvalue weighted by molar-refractivity contribution is 14.1. The highest BCUT2D eigenvalue weighted by Crippen LogP contribution is 2.24. The molecule has 1 atom stereocenters. The molecule has 0 unspecified atom stereocenters. The van der Waals surface area contributed by atoms with Crippen molar-refractivity contribution in [3.8, 4) is 5.75 Å². The van der Waals surface area contributed by atoms with Crippen LogP contribution in [0.15, 0.2) is 88.9 Å². The fourth-order valence-electron chi connectivity index (χ4n) is 3.87. The van der Waals surface area contributed by atoms with Crippen LogP contribution in [0, 0.1) is 3.57 Å². The van der Waals surface area contributed by atoms with Gasteiger partial charge < -0.3 is 14.8 Å². The number of halogens is 1. The second-order valence-electron chi connectivity index (χ2n) is 8.89. The van der Waals surface area contributed by atoms with Gasteiger partial charge in [-0.3, -0.25) is 13.9 Å². The molecular formula is C28H29IN4O6S. The molecule has 210 valence electrons. The van der Waals surface area contributed by atoms with Gasteiger partial charge in [-0.1, -0.05) is 18.2 Å². The van der Waals surface area contributed by atoms with Crippen molar-refractivity contribution in [1.82, 2.24) is 10.7 Å². The SMILES string of the molecule is O=C(COc1ccc(/C=N\NC(=O)CN(c2ccc(I)cc2)S(=O)(=O)c2ccccc2)cc1)NC[C@@H]1CCCO1. The number of nitrogens with zero attached hydrogens (tertiary/aromatic N) is 2. The van der Waals surface area contributed by atoms with Gasteiger partial charge in [0.25, 0.3) is 21.8 Å². The number of hydrogen-bond donors (Lipinski definition) is 2. The van der Waals surface area contributed by atoms with E-state index in [1.165, 1.54) is 18.3 Å². The zero-order valence-corrected chi connectivity index (χ0v) is 24.5. The summed E-state index contributed by atoms with van der Waals surface area (Å²) in [5.41, 5.74) is 3.42. The van der Waals surface area contributed by atoms with Gasteiger partial charge in [-0.15, -0.1) is 0 Å². The highest BCUT2D eigenvalue weighted by Gasteiger charge is 2.27. The Bertz CT molecular complexity index is 1410. The van der Waals surface area contributed by atoms with Gasteiger partial charge in [0.05, 0.1) is 22.9 Å². The lowest BCUT2D eigenvalue weighted by atomic mass is 10.2. The lowest BCUT2D eigenvalue weighted by molar-refractivity contribution is -0.123. The quantitative estimate of drug-likeness (QED) is 0.172. The van der Waals surface area contributed by atoms with Crippen LogP contribution in [-0.2, 0) is 24.3 Å². The Morgan fingerprint density at radius 3 is 2.42 bits per heavy atom. The zero-order chi connectivity index (χ0) is 28.4. The summed E-state index contributed by atoms with van der Waals surface area (Å²) in [7, 11) is -3.99. The van der Waals surface area contributed by atoms with Crippen molar-refractivity contribution < 1.29 is 27.5 Å². The molecule has 0 spiro atoms. The lowest BCUT2D eigenvalue weighted by Gasteiger charge is -2.23. The number of rotatable bonds is 12. The van der Waals surface area contributed by atoms with Crippen molar-refractivity contribution >= 4 is 56.3 Å². The number of hydrogen-bond acceptors (Lipinski definition) is 7. The first kappa shape index (κ1) is 29.5. The summed E-state index contributed by atoms with van der Waals surface area (Å²) in [6.45, 7) is 0.637. The first-order chi connectivity index (χ1) is 19.3. The number of carbonyl (C=O) groups excluding carboxylic acids is 2. The maximum absolute atomic E-state index is 13.3. The van der Waals surface area contributed by atoms with Crippen LogP contribution in [0.5, 0.6) is 5.75 Å². The van der Waals surface area contributed by atoms with Gasteiger partial charge in [0.15, 0.2) is 6.61 Å². The van der Waals surface area contributed by atoms with E-state index in [2.05, 4.69) is 38.4 Å². The normalized spacial score (nSPS) is 15.1. The summed E-state index contributed by atoms with van der Waals surface area (Å²) >= 11 is 2.12. The van der Waals surface area contributed by atoms with Crippen molar-refractivity contribution in [1.29, 1.82) is 0 Å². The lowest BCUT2D eigenvalue weighted by Crippen LogP contribution is -2.39. The molecule has 1 heterocycles. The molecule has 2 N–H and O–H groups in total. The molecule has 2 amide bonds. The van der Waals surface area contributed by atoms with E-state index in [0.717, 1.165) is 27.3 Å². The smallest absolute Gasteiger partial charge is 0.264 e. The van der Waals surface area contributed by atoms with Gasteiger partial charge >= 0.3 is 0 Å². The van der Waals surface area contributed by atoms with E-state index in [4.69, 9.17) is 9.47 Å². The molecule has 3 aromatic carbocycles. The maximum atomic E-state index is 13.3. The monoisotopic (exact) mass is 676 g/mol. The third-order valence-corrected chi connectivity index (χ3v) is 8.44. The molecule has 1 saturated heterocycles. The maximum Gasteiger partial charge on any atom is 0.264 e. The standard InChI is InChI=1S/C28H29IN4O6S/c29-22-10-12-23(13-11-22)33(40(36,37)26-6-2-1-3-7-26)19-27(34)32-31-17-21-8-14-24(15-9-21)39-20-28(35)30-18-25-5-4-16-38-25/h1-3,6-15,17,25H,4-5,16,18-20H2,(H,30,35)(H,32,34)/b31-17-/t25-/m0/s1. The Morgan fingerprint density at radius 2 is 1.75 bits per heavy atom. The summed E-state index contributed by atoms with van der Waals surface area (Å²) < 4.78 is 39.6. The number of benzene rings is 3. The topological polar surface area (TPSA) is 126 Å². The third-order valence-electron chi connectivity index (χ3n) is 5.94. The van der Waals surface area contributed by atoms with E-state index < -0.39 is 22.5 Å². The van der Waals surface area contributed by atoms with Gasteiger partial charge in [-0.2, -0.15) is 5.10 Å². The number of sulfonamides is 1. The molecule has 4 rings (SSSR count). The second-order valence-corrected chi connectivity index (χ2v) is 12.0. The number of hydrazone groups is 1. The fraction of sp³-hybridized carbons (Fsp3) is 0.250. The van der Waals surface area contributed by atoms with E-state index in [1.807, 2.05) is 0 Å². The Kier molecular flexibility index (Phi) is 10.5. The molecule has 0 bridgehead atoms. The minimum absolute atomic E-state index is 0.0710. The molecular weight excluding hydrogens is 647 g/mol. The predicted octanol–water partition coefficient (Wildman–Crippen LogP) is 3.31. The van der Waals surface area contributed by atoms with Gasteiger partial charge in [0.1, 0.15) is 12.3 Å². The van der Waals surface area contributed by atoms with Crippen LogP contribution in [0.4, 0.5) is 5.69 Å². The van der Waals surface area contributed by atoms with Crippen molar-refractivity contribution in [2.24, 2.45) is 5.10 Å². The summed E-state index contributed by atoms with van der Waals surface area (Å²) in [5.74, 6) is -0.326. The molecule has 40 heavy (non-hydrogen) atoms. The predicted molar refractivity (Wildman–Crippen MR) is 160 cm³/mol. The molecule has 0 aromatic heterocycles. The average molecular weight is 677 g/mol. The molecule has 1 aliphatic heterocycles. The van der Waals surface area contributed by atoms with Crippen LogP contribution >= 0.6 is 22.6 Å². The van der Waals surface area contributed by atoms with Crippen molar-refractivity contribution in [2.75, 3.05) is 30.6 Å². The molecule has 0 aliphatic carbocycles. The number of carbonyl (C=O) groups is 2. The first-order valence-electron chi connectivity index (χ1n) is 12.6. The van der Waals surface area contributed by atoms with Crippen molar-refractivity contribution in [3.05, 3.63) is 88.0 Å². The number of anilines is 1. The van der Waals surface area contributed by atoms with E-state index in [0.29, 0.717) is 23.5 Å². The molecule has 0 saturated carbocycles. The van der Waals surface area contributed by atoms with Crippen molar-refractivity contribution in [3.63, 3.8) is 0 Å². The Balaban J connectivity index is 1.31. The summed E-state index contributed by atoms with van der Waals surface area (Å²) in [4.78, 5) is 24.8. The molecule has 3 aromatic rings. The first-order valence-corrected chi connectivity index (χ1v) is 15.1. The average Bonchev–Trinajstić information content (AvgIpc) is 3.49. The van der Waals surface area contributed by atoms with Gasteiger partial charge in [-0.25, -0.2) is 13.8 Å². The minimum Gasteiger partial charge on any atom is -0.484 e. The van der Waals surface area contributed by atoms with Crippen LogP contribution in [-0.4, -0.2) is 58.9 Å². The van der Waals surface area contributed by atoms with E-state index >= 15 is 0 Å². The van der Waals surface area contributed by atoms with Crippen LogP contribution in [0.25, 0.3) is 0 Å². The van der Waals surface area contributed by atoms with Gasteiger partial charge in [-0.05, 0) is 102 Å². The summed E-state index contributed by atoms with van der Waals surface area (Å²) in [6, 6.07) is 21.6. The van der Waals surface area contributed by atoms with Crippen molar-refractivity contribution in [2.45, 2.75) is 23.8 Å². The fourth-order valence-corrected chi connectivity index (χ4v) is 5.67. The number of amides is 2. The van der Waals surface area contributed by atoms with Gasteiger partial charge in [0, 0.05) is 16.7 Å². The Labute approximate surface area is 246 Å². The van der Waals surface area contributed by atoms with Crippen LogP contribution in [0.2, 0.25) is 0 Å². The molecule has 1 fully saturated rings. The van der Waals surface area contributed by atoms with Crippen LogP contribution < -0.4 is 19.8 Å².